The first-order valence-electron chi connectivity index (χ1n) is 5.86. The van der Waals surface area contributed by atoms with Crippen LogP contribution in [0.3, 0.4) is 0 Å². The Bertz CT molecular complexity index is 434. The maximum atomic E-state index is 5.77. The molecule has 1 aromatic carbocycles. The van der Waals surface area contributed by atoms with Gasteiger partial charge in [-0.1, -0.05) is 20.8 Å². The molecule has 0 saturated carbocycles. The predicted molar refractivity (Wildman–Crippen MR) is 66.5 cm³/mol. The van der Waals surface area contributed by atoms with E-state index in [0.717, 1.165) is 25.6 Å². The number of nitrogens with one attached hydrogen (secondary N) is 1. The van der Waals surface area contributed by atoms with Crippen LogP contribution in [0.25, 0.3) is 0 Å². The first-order chi connectivity index (χ1) is 7.55. The monoisotopic (exact) mass is 218 g/mol. The summed E-state index contributed by atoms with van der Waals surface area (Å²) in [7, 11) is 0. The molecule has 0 spiro atoms. The minimum absolute atomic E-state index is 0.168. The van der Waals surface area contributed by atoms with Crippen LogP contribution in [0, 0.1) is 0 Å². The van der Waals surface area contributed by atoms with Crippen molar-refractivity contribution in [1.29, 1.82) is 0 Å². The molecule has 16 heavy (non-hydrogen) atoms. The molecule has 3 rings (SSSR count). The van der Waals surface area contributed by atoms with Crippen LogP contribution in [0.4, 0.5) is 11.4 Å². The third-order valence-corrected chi connectivity index (χ3v) is 3.34. The molecule has 0 aromatic heterocycles. The zero-order chi connectivity index (χ0) is 11.3. The van der Waals surface area contributed by atoms with E-state index in [4.69, 9.17) is 4.74 Å². The van der Waals surface area contributed by atoms with Crippen LogP contribution in [0.1, 0.15) is 26.3 Å². The number of benzene rings is 1. The number of hydrogen-bond donors (Lipinski definition) is 1. The number of anilines is 2. The Hall–Kier alpha value is -1.38. The summed E-state index contributed by atoms with van der Waals surface area (Å²) >= 11 is 0. The van der Waals surface area contributed by atoms with Crippen molar-refractivity contribution < 1.29 is 4.74 Å². The number of rotatable bonds is 0. The maximum absolute atomic E-state index is 5.77. The van der Waals surface area contributed by atoms with Gasteiger partial charge >= 0.3 is 0 Å². The van der Waals surface area contributed by atoms with Gasteiger partial charge in [-0.25, -0.2) is 0 Å². The third kappa shape index (κ3) is 1.34. The van der Waals surface area contributed by atoms with Gasteiger partial charge in [0.15, 0.2) is 0 Å². The Kier molecular flexibility index (Phi) is 1.88. The number of nitrogens with zero attached hydrogens (tertiary/aromatic N) is 1. The van der Waals surface area contributed by atoms with E-state index >= 15 is 0 Å². The molecule has 0 saturated heterocycles. The maximum Gasteiger partial charge on any atom is 0.145 e. The summed E-state index contributed by atoms with van der Waals surface area (Å²) in [6, 6.07) is 4.45. The van der Waals surface area contributed by atoms with Gasteiger partial charge in [0.2, 0.25) is 0 Å². The topological polar surface area (TPSA) is 24.5 Å². The van der Waals surface area contributed by atoms with Crippen molar-refractivity contribution in [1.82, 2.24) is 0 Å². The summed E-state index contributed by atoms with van der Waals surface area (Å²) in [5.74, 6) is 1.04. The van der Waals surface area contributed by atoms with Crippen molar-refractivity contribution in [2.75, 3.05) is 30.0 Å². The summed E-state index contributed by atoms with van der Waals surface area (Å²) < 4.78 is 5.77. The fourth-order valence-corrected chi connectivity index (χ4v) is 2.33. The van der Waals surface area contributed by atoms with Gasteiger partial charge in [-0.2, -0.15) is 0 Å². The van der Waals surface area contributed by atoms with Gasteiger partial charge in [0.1, 0.15) is 18.0 Å². The number of hydrogen-bond acceptors (Lipinski definition) is 3. The average molecular weight is 218 g/mol. The van der Waals surface area contributed by atoms with Crippen LogP contribution in [-0.4, -0.2) is 19.8 Å². The highest BCUT2D eigenvalue weighted by atomic mass is 16.5. The molecule has 1 N–H and O–H groups in total. The van der Waals surface area contributed by atoms with E-state index in [1.54, 1.807) is 0 Å². The van der Waals surface area contributed by atoms with Crippen LogP contribution in [-0.2, 0) is 5.41 Å². The zero-order valence-corrected chi connectivity index (χ0v) is 10.1. The van der Waals surface area contributed by atoms with E-state index in [9.17, 15) is 0 Å². The second kappa shape index (κ2) is 3.06. The Labute approximate surface area is 96.4 Å². The summed E-state index contributed by atoms with van der Waals surface area (Å²) in [5.41, 5.74) is 3.97. The Balaban J connectivity index is 2.15. The highest BCUT2D eigenvalue weighted by Gasteiger charge is 2.29. The molecule has 0 unspecified atom stereocenters. The quantitative estimate of drug-likeness (QED) is 0.724. The molecule has 0 aliphatic carbocycles. The van der Waals surface area contributed by atoms with E-state index < -0.39 is 0 Å². The smallest absolute Gasteiger partial charge is 0.145 e. The van der Waals surface area contributed by atoms with Gasteiger partial charge in [-0.15, -0.1) is 0 Å². The minimum atomic E-state index is 0.168. The van der Waals surface area contributed by atoms with Crippen LogP contribution >= 0.6 is 0 Å². The van der Waals surface area contributed by atoms with Crippen LogP contribution in [0.15, 0.2) is 12.1 Å². The molecule has 0 atom stereocenters. The lowest BCUT2D eigenvalue weighted by atomic mass is 9.86. The Morgan fingerprint density at radius 1 is 1.31 bits per heavy atom. The first-order valence-corrected chi connectivity index (χ1v) is 5.86. The lowest BCUT2D eigenvalue weighted by Gasteiger charge is -2.28. The standard InChI is InChI=1S/C13H18N2O/c1-13(2,3)9-6-10-12-11(7-9)16-5-4-15(12)8-14-10/h6-7,14H,4-5,8H2,1-3H3. The lowest BCUT2D eigenvalue weighted by Crippen LogP contribution is -2.31. The van der Waals surface area contributed by atoms with Gasteiger partial charge < -0.3 is 15.0 Å². The molecule has 2 aliphatic heterocycles. The molecule has 3 nitrogen and oxygen atoms in total. The highest BCUT2D eigenvalue weighted by Crippen LogP contribution is 2.44. The zero-order valence-electron chi connectivity index (χ0n) is 10.1. The summed E-state index contributed by atoms with van der Waals surface area (Å²) in [6.45, 7) is 9.40. The molecule has 0 bridgehead atoms. The SMILES string of the molecule is CC(C)(C)c1cc2c3c(c1)OCCN3CN2. The van der Waals surface area contributed by atoms with E-state index in [-0.39, 0.29) is 5.41 Å². The van der Waals surface area contributed by atoms with Crippen LogP contribution in [0.5, 0.6) is 5.75 Å². The van der Waals surface area contributed by atoms with Crippen molar-refractivity contribution in [3.05, 3.63) is 17.7 Å². The summed E-state index contributed by atoms with van der Waals surface area (Å²) in [4.78, 5) is 2.35. The second-order valence-corrected chi connectivity index (χ2v) is 5.57. The molecule has 1 aromatic rings. The lowest BCUT2D eigenvalue weighted by molar-refractivity contribution is 0.310. The van der Waals surface area contributed by atoms with Crippen LogP contribution < -0.4 is 15.0 Å². The van der Waals surface area contributed by atoms with Gasteiger partial charge in [0, 0.05) is 0 Å². The Morgan fingerprint density at radius 3 is 2.88 bits per heavy atom. The molecule has 0 amide bonds. The van der Waals surface area contributed by atoms with Crippen molar-refractivity contribution in [3.8, 4) is 5.75 Å². The fourth-order valence-electron chi connectivity index (χ4n) is 2.33. The molecule has 86 valence electrons. The van der Waals surface area contributed by atoms with Gasteiger partial charge in [-0.3, -0.25) is 0 Å². The van der Waals surface area contributed by atoms with Crippen LogP contribution in [0.2, 0.25) is 0 Å². The third-order valence-electron chi connectivity index (χ3n) is 3.34. The van der Waals surface area contributed by atoms with Gasteiger partial charge in [0.05, 0.1) is 18.9 Å². The normalized spacial score (nSPS) is 17.8. The van der Waals surface area contributed by atoms with Crippen molar-refractivity contribution >= 4 is 11.4 Å². The molecule has 0 fully saturated rings. The Morgan fingerprint density at radius 2 is 2.12 bits per heavy atom. The van der Waals surface area contributed by atoms with E-state index in [0.29, 0.717) is 0 Å². The molecule has 2 aliphatic rings. The van der Waals surface area contributed by atoms with Gasteiger partial charge in [0.25, 0.3) is 0 Å². The van der Waals surface area contributed by atoms with Crippen molar-refractivity contribution in [2.24, 2.45) is 0 Å². The molecular formula is C13H18N2O. The van der Waals surface area contributed by atoms with Crippen molar-refractivity contribution in [3.63, 3.8) is 0 Å². The summed E-state index contributed by atoms with van der Waals surface area (Å²) in [5, 5.41) is 3.44. The number of ether oxygens (including phenoxy) is 1. The average Bonchev–Trinajstić information content (AvgIpc) is 2.62. The molecule has 2 heterocycles. The second-order valence-electron chi connectivity index (χ2n) is 5.57. The van der Waals surface area contributed by atoms with E-state index in [2.05, 4.69) is 43.1 Å². The molecular weight excluding hydrogens is 200 g/mol. The molecule has 3 heteroatoms. The minimum Gasteiger partial charge on any atom is -0.489 e. The van der Waals surface area contributed by atoms with E-state index in [1.807, 2.05) is 0 Å². The predicted octanol–water partition coefficient (Wildman–Crippen LogP) is 2.57. The fraction of sp³-hybridized carbons (Fsp3) is 0.538. The first kappa shape index (κ1) is 9.82. The summed E-state index contributed by atoms with van der Waals surface area (Å²) in [6.07, 6.45) is 0. The molecule has 0 radical (unpaired) electrons. The largest absolute Gasteiger partial charge is 0.489 e. The highest BCUT2D eigenvalue weighted by molar-refractivity contribution is 5.82. The van der Waals surface area contributed by atoms with Crippen molar-refractivity contribution in [2.45, 2.75) is 26.2 Å². The van der Waals surface area contributed by atoms with E-state index in [1.165, 1.54) is 16.9 Å². The van der Waals surface area contributed by atoms with Gasteiger partial charge in [-0.05, 0) is 23.1 Å².